The third-order valence-electron chi connectivity index (χ3n) is 5.58. The number of aryl methyl sites for hydroxylation is 1. The number of hydrogen-bond acceptors (Lipinski definition) is 19. The number of azo groups is 1. The normalized spacial score (nSPS) is 11.9. The number of fused-ring (bicyclic) bond motifs is 1. The van der Waals surface area contributed by atoms with Crippen molar-refractivity contribution >= 4 is 91.8 Å². The number of hydrogen-bond donors (Lipinski definition) is 3. The topological polar surface area (TPSA) is 336 Å². The van der Waals surface area contributed by atoms with Gasteiger partial charge in [0.05, 0.1) is 15.5 Å². The van der Waals surface area contributed by atoms with Crippen LogP contribution < -0.4 is 134 Å². The molecule has 3 N–H and O–H groups in total. The van der Waals surface area contributed by atoms with E-state index in [0.29, 0.717) is 23.8 Å². The second-order valence-electron chi connectivity index (χ2n) is 8.93. The number of nitrogens with zero attached hydrogens (tertiary/aromatic N) is 5. The van der Waals surface area contributed by atoms with Gasteiger partial charge in [0, 0.05) is 5.69 Å². The Bertz CT molecular complexity index is 2410. The van der Waals surface area contributed by atoms with E-state index in [2.05, 4.69) is 30.5 Å². The van der Waals surface area contributed by atoms with Crippen molar-refractivity contribution in [2.24, 2.45) is 10.2 Å². The van der Waals surface area contributed by atoms with E-state index in [4.69, 9.17) is 11.6 Å². The molecule has 50 heavy (non-hydrogen) atoms. The molecule has 0 atom stereocenters. The zero-order chi connectivity index (χ0) is 34.4. The summed E-state index contributed by atoms with van der Waals surface area (Å²) in [4.78, 5) is 7.77. The molecule has 1 heterocycles. The van der Waals surface area contributed by atoms with Gasteiger partial charge >= 0.3 is 118 Å². The maximum atomic E-state index is 13.7. The Kier molecular flexibility index (Phi) is 18.9. The molecule has 3 aromatic carbocycles. The van der Waals surface area contributed by atoms with Gasteiger partial charge in [-0.15, -0.1) is 10.2 Å². The molecule has 0 bridgehead atoms. The maximum Gasteiger partial charge on any atom is 1.00 e. The predicted octanol–water partition coefficient (Wildman–Crippen LogP) is -10.8. The maximum absolute atomic E-state index is 13.7. The number of nitrogens with one attached hydrogen (secondary N) is 2. The molecule has 1 aromatic heterocycles. The van der Waals surface area contributed by atoms with E-state index in [0.717, 1.165) is 12.1 Å². The summed E-state index contributed by atoms with van der Waals surface area (Å²) in [5, 5.41) is 23.3. The van der Waals surface area contributed by atoms with Crippen molar-refractivity contribution in [1.82, 2.24) is 15.0 Å². The van der Waals surface area contributed by atoms with Gasteiger partial charge in [-0.1, -0.05) is 11.8 Å². The first-order valence-corrected chi connectivity index (χ1v) is 17.8. The fourth-order valence-corrected chi connectivity index (χ4v) is 6.09. The van der Waals surface area contributed by atoms with E-state index < -0.39 is 112 Å². The minimum Gasteiger partial charge on any atom is -0.870 e. The molecular weight excluding hydrogens is 814 g/mol. The van der Waals surface area contributed by atoms with Gasteiger partial charge in [0.15, 0.2) is 0 Å². The summed E-state index contributed by atoms with van der Waals surface area (Å²) in [7, 11) is -20.7. The van der Waals surface area contributed by atoms with Gasteiger partial charge in [0.2, 0.25) is 17.2 Å². The van der Waals surface area contributed by atoms with Gasteiger partial charge in [-0.05, 0) is 65.2 Å². The standard InChI is InChI=1S/C21H18ClN7O13S4.4Na/c1-9-2-3-12(14(4-9)45(37,38)39)28-29-17-15(46(40,41)42)6-10-5-11(44(34,35)36)7-13(16(10)18(17)30)24-21-26-19(22)25-20(27-21)23-8-43(31,32)33;;;;/h2-7,30H,8H2,1H3,(H,31,32,33)(H,34,35,36)(H,37,38,39)(H,40,41,42)(H2,23,24,25,26,27);;;;/q;4*+1/p-4. The monoisotopic (exact) mass is 827 g/mol. The van der Waals surface area contributed by atoms with Crippen LogP contribution in [-0.4, -0.2) is 72.7 Å². The minimum absolute atomic E-state index is 0. The molecule has 0 radical (unpaired) electrons. The van der Waals surface area contributed by atoms with Crippen LogP contribution in [0.5, 0.6) is 5.75 Å². The molecule has 0 fully saturated rings. The molecule has 0 amide bonds. The van der Waals surface area contributed by atoms with Crippen LogP contribution in [0.2, 0.25) is 5.28 Å². The predicted molar refractivity (Wildman–Crippen MR) is 151 cm³/mol. The van der Waals surface area contributed by atoms with Crippen molar-refractivity contribution in [3.63, 3.8) is 0 Å². The van der Waals surface area contributed by atoms with Crippen LogP contribution in [0.4, 0.5) is 29.0 Å². The Morgan fingerprint density at radius 3 is 1.94 bits per heavy atom. The Morgan fingerprint density at radius 2 is 1.40 bits per heavy atom. The quantitative estimate of drug-likeness (QED) is 0.0759. The summed E-state index contributed by atoms with van der Waals surface area (Å²) in [5.41, 5.74) is -2.07. The van der Waals surface area contributed by atoms with Crippen molar-refractivity contribution in [2.75, 3.05) is 16.5 Å². The van der Waals surface area contributed by atoms with Gasteiger partial charge in [-0.25, -0.2) is 25.3 Å². The molecule has 0 unspecified atom stereocenters. The summed E-state index contributed by atoms with van der Waals surface area (Å²) in [5.74, 6) is -3.82. The fraction of sp³-hybridized carbons (Fsp3) is 0.0952. The van der Waals surface area contributed by atoms with Crippen molar-refractivity contribution in [3.05, 3.63) is 47.2 Å². The molecule has 4 rings (SSSR count). The number of rotatable bonds is 10. The van der Waals surface area contributed by atoms with Crippen molar-refractivity contribution in [3.8, 4) is 5.75 Å². The van der Waals surface area contributed by atoms with Gasteiger partial charge in [-0.2, -0.15) is 23.4 Å². The number of benzene rings is 3. The molecule has 0 aliphatic rings. The van der Waals surface area contributed by atoms with Crippen LogP contribution in [0.25, 0.3) is 10.8 Å². The van der Waals surface area contributed by atoms with Gasteiger partial charge in [-0.3, -0.25) is 4.55 Å². The molecule has 29 heteroatoms. The Morgan fingerprint density at radius 1 is 0.800 bits per heavy atom. The zero-order valence-electron chi connectivity index (χ0n) is 26.3. The minimum atomic E-state index is -5.36. The molecule has 0 spiro atoms. The average molecular weight is 828 g/mol. The first kappa shape index (κ1) is 49.9. The van der Waals surface area contributed by atoms with Gasteiger partial charge in [0.1, 0.15) is 46.8 Å². The van der Waals surface area contributed by atoms with E-state index >= 15 is 0 Å². The molecule has 20 nitrogen and oxygen atoms in total. The van der Waals surface area contributed by atoms with Crippen molar-refractivity contribution in [1.29, 1.82) is 0 Å². The van der Waals surface area contributed by atoms with E-state index in [1.54, 1.807) is 0 Å². The summed E-state index contributed by atoms with van der Waals surface area (Å²) in [6.45, 7) is 1.44. The average Bonchev–Trinajstić information content (AvgIpc) is 2.89. The third-order valence-corrected chi connectivity index (χ3v) is 8.79. The Hall–Kier alpha value is -0.140. The summed E-state index contributed by atoms with van der Waals surface area (Å²) in [6.07, 6.45) is 0. The zero-order valence-corrected chi connectivity index (χ0v) is 38.3. The van der Waals surface area contributed by atoms with Crippen LogP contribution in [0.3, 0.4) is 0 Å². The molecule has 0 saturated heterocycles. The molecular formula is C21H14ClN7Na4O13S4. The van der Waals surface area contributed by atoms with Gasteiger partial charge in [0.25, 0.3) is 10.1 Å². The fourth-order valence-electron chi connectivity index (χ4n) is 3.74. The molecule has 4 aromatic rings. The van der Waals surface area contributed by atoms with Crippen LogP contribution in [0.1, 0.15) is 5.56 Å². The molecule has 246 valence electrons. The SMILES string of the molecule is Cc1ccc(N=Nc2c(S(=O)(=O)O)cc3cc(S(=O)(=O)[O-])cc(Nc4nc(Cl)nc(NCS(=O)(=O)[O-])n4)c3c2[O-])c(S(=O)(=O)[O-])c1.[Na+].[Na+].[Na+].[Na+]. The Labute approximate surface area is 377 Å². The van der Waals surface area contributed by atoms with Crippen LogP contribution in [-0.2, 0) is 40.5 Å². The van der Waals surface area contributed by atoms with Crippen LogP contribution in [0.15, 0.2) is 61.3 Å². The molecule has 0 aliphatic heterocycles. The first-order chi connectivity index (χ1) is 21.0. The number of anilines is 3. The molecule has 0 aliphatic carbocycles. The number of aromatic nitrogens is 3. The summed E-state index contributed by atoms with van der Waals surface area (Å²) >= 11 is 5.81. The van der Waals surface area contributed by atoms with Crippen LogP contribution in [0, 0.1) is 6.92 Å². The van der Waals surface area contributed by atoms with Crippen molar-refractivity contribution in [2.45, 2.75) is 21.6 Å². The van der Waals surface area contributed by atoms with E-state index in [1.807, 2.05) is 5.32 Å². The summed E-state index contributed by atoms with van der Waals surface area (Å²) < 4.78 is 138. The smallest absolute Gasteiger partial charge is 0.870 e. The Balaban J connectivity index is 0.00000600. The van der Waals surface area contributed by atoms with E-state index in [1.165, 1.54) is 13.0 Å². The third kappa shape index (κ3) is 13.0. The number of halogens is 1. The van der Waals surface area contributed by atoms with Gasteiger partial charge < -0.3 is 29.4 Å². The van der Waals surface area contributed by atoms with E-state index in [9.17, 15) is 57.0 Å². The first-order valence-electron chi connectivity index (χ1n) is 11.6. The van der Waals surface area contributed by atoms with Crippen LogP contribution >= 0.6 is 11.6 Å². The van der Waals surface area contributed by atoms with Crippen molar-refractivity contribution < 1.29 is 175 Å². The second kappa shape index (κ2) is 18.9. The second-order valence-corrected chi connectivity index (χ2v) is 14.8. The molecule has 0 saturated carbocycles. The largest absolute Gasteiger partial charge is 1.00 e. The summed E-state index contributed by atoms with van der Waals surface area (Å²) in [6, 6.07) is 5.01. The van der Waals surface area contributed by atoms with E-state index in [-0.39, 0.29) is 118 Å².